The van der Waals surface area contributed by atoms with Crippen molar-refractivity contribution in [3.05, 3.63) is 59.8 Å². The first-order valence-corrected chi connectivity index (χ1v) is 12.3. The lowest BCUT2D eigenvalue weighted by molar-refractivity contribution is 0.0204. The third-order valence-electron chi connectivity index (χ3n) is 5.66. The maximum absolute atomic E-state index is 13.4. The Balaban J connectivity index is 1.63. The van der Waals surface area contributed by atoms with Gasteiger partial charge in [-0.1, -0.05) is 35.9 Å². The minimum absolute atomic E-state index is 0.0630. The maximum Gasteiger partial charge on any atom is 0.410 e. The Bertz CT molecular complexity index is 1230. The van der Waals surface area contributed by atoms with Crippen LogP contribution in [0.25, 0.3) is 10.9 Å². The lowest BCUT2D eigenvalue weighted by atomic mass is 9.92. The van der Waals surface area contributed by atoms with Crippen molar-refractivity contribution in [2.45, 2.75) is 57.0 Å². The summed E-state index contributed by atoms with van der Waals surface area (Å²) in [7, 11) is -3.82. The highest BCUT2D eigenvalue weighted by atomic mass is 32.2. The predicted octanol–water partition coefficient (Wildman–Crippen LogP) is 4.70. The first-order chi connectivity index (χ1) is 15.1. The zero-order chi connectivity index (χ0) is 23.1. The lowest BCUT2D eigenvalue weighted by Gasteiger charge is -2.33. The number of aryl methyl sites for hydroxylation is 1. The molecule has 0 radical (unpaired) electrons. The van der Waals surface area contributed by atoms with E-state index in [1.165, 1.54) is 0 Å². The normalized spacial score (nSPS) is 15.8. The van der Waals surface area contributed by atoms with Crippen molar-refractivity contribution in [2.24, 2.45) is 0 Å². The molecule has 0 unspecified atom stereocenters. The van der Waals surface area contributed by atoms with E-state index >= 15 is 0 Å². The summed E-state index contributed by atoms with van der Waals surface area (Å²) in [5.41, 5.74) is 1.79. The molecule has 0 aliphatic carbocycles. The highest BCUT2D eigenvalue weighted by Gasteiger charge is 2.31. The lowest BCUT2D eigenvalue weighted by Crippen LogP contribution is -2.41. The number of aromatic nitrogens is 2. The smallest absolute Gasteiger partial charge is 0.410 e. The number of amides is 1. The highest BCUT2D eigenvalue weighted by Crippen LogP contribution is 2.34. The van der Waals surface area contributed by atoms with Gasteiger partial charge < -0.3 is 9.64 Å². The minimum atomic E-state index is -3.82. The molecule has 7 nitrogen and oxygen atoms in total. The van der Waals surface area contributed by atoms with E-state index in [2.05, 4.69) is 5.10 Å². The van der Waals surface area contributed by atoms with Crippen molar-refractivity contribution in [3.8, 4) is 0 Å². The van der Waals surface area contributed by atoms with E-state index < -0.39 is 15.6 Å². The molecule has 1 fully saturated rings. The second-order valence-corrected chi connectivity index (χ2v) is 11.1. The van der Waals surface area contributed by atoms with E-state index in [9.17, 15) is 13.2 Å². The number of rotatable bonds is 3. The van der Waals surface area contributed by atoms with Crippen LogP contribution < -0.4 is 0 Å². The summed E-state index contributed by atoms with van der Waals surface area (Å²) >= 11 is 0. The zero-order valence-electron chi connectivity index (χ0n) is 18.9. The van der Waals surface area contributed by atoms with Gasteiger partial charge in [-0.2, -0.15) is 17.6 Å². The van der Waals surface area contributed by atoms with Gasteiger partial charge in [0.1, 0.15) is 5.60 Å². The molecule has 1 aliphatic rings. The second kappa shape index (κ2) is 8.24. The standard InChI is InChI=1S/C24H29N3O4S/c1-17-9-11-19(12-10-17)32(29,30)27-21-8-6-5-7-20(21)22(25-27)18-13-15-26(16-14-18)23(28)31-24(2,3)4/h5-12,18H,13-16H2,1-4H3. The van der Waals surface area contributed by atoms with E-state index in [1.54, 1.807) is 35.2 Å². The number of fused-ring (bicyclic) bond motifs is 1. The fourth-order valence-corrected chi connectivity index (χ4v) is 5.31. The van der Waals surface area contributed by atoms with Crippen LogP contribution in [0.1, 0.15) is 50.8 Å². The second-order valence-electron chi connectivity index (χ2n) is 9.31. The summed E-state index contributed by atoms with van der Waals surface area (Å²) in [6.07, 6.45) is 1.09. The molecule has 2 aromatic carbocycles. The van der Waals surface area contributed by atoms with Crippen LogP contribution in [-0.2, 0) is 14.8 Å². The molecule has 0 saturated carbocycles. The van der Waals surface area contributed by atoms with E-state index in [1.807, 2.05) is 45.9 Å². The fourth-order valence-electron chi connectivity index (χ4n) is 4.02. The molecule has 1 aromatic heterocycles. The highest BCUT2D eigenvalue weighted by molar-refractivity contribution is 7.90. The van der Waals surface area contributed by atoms with E-state index in [0.29, 0.717) is 31.4 Å². The van der Waals surface area contributed by atoms with Gasteiger partial charge in [0.05, 0.1) is 16.1 Å². The summed E-state index contributed by atoms with van der Waals surface area (Å²) in [5.74, 6) is 0.0630. The molecule has 4 rings (SSSR count). The maximum atomic E-state index is 13.4. The number of likely N-dealkylation sites (tertiary alicyclic amines) is 1. The summed E-state index contributed by atoms with van der Waals surface area (Å²) in [6, 6.07) is 14.2. The van der Waals surface area contributed by atoms with Crippen molar-refractivity contribution >= 4 is 27.0 Å². The van der Waals surface area contributed by atoms with Crippen LogP contribution in [0.4, 0.5) is 4.79 Å². The Morgan fingerprint density at radius 1 is 1.03 bits per heavy atom. The van der Waals surface area contributed by atoms with Crippen molar-refractivity contribution in [1.82, 2.24) is 14.1 Å². The largest absolute Gasteiger partial charge is 0.444 e. The molecule has 3 aromatic rings. The number of ether oxygens (including phenoxy) is 1. The molecule has 8 heteroatoms. The van der Waals surface area contributed by atoms with Gasteiger partial charge in [0.2, 0.25) is 0 Å². The number of nitrogens with zero attached hydrogens (tertiary/aromatic N) is 3. The molecule has 0 N–H and O–H groups in total. The quantitative estimate of drug-likeness (QED) is 0.572. The SMILES string of the molecule is Cc1ccc(S(=O)(=O)n2nc(C3CCN(C(=O)OC(C)(C)C)CC3)c3ccccc32)cc1. The van der Waals surface area contributed by atoms with Crippen molar-refractivity contribution in [1.29, 1.82) is 0 Å². The van der Waals surface area contributed by atoms with Gasteiger partial charge in [0.25, 0.3) is 10.0 Å². The van der Waals surface area contributed by atoms with Crippen molar-refractivity contribution in [2.75, 3.05) is 13.1 Å². The fraction of sp³-hybridized carbons (Fsp3) is 0.417. The van der Waals surface area contributed by atoms with Crippen LogP contribution in [0.3, 0.4) is 0 Å². The first-order valence-electron chi connectivity index (χ1n) is 10.8. The molecular formula is C24H29N3O4S. The van der Waals surface area contributed by atoms with Crippen LogP contribution in [-0.4, -0.2) is 47.3 Å². The third kappa shape index (κ3) is 4.37. The molecule has 0 spiro atoms. The molecule has 1 amide bonds. The Morgan fingerprint density at radius 3 is 2.28 bits per heavy atom. The average molecular weight is 456 g/mol. The number of carbonyl (C=O) groups excluding carboxylic acids is 1. The Morgan fingerprint density at radius 2 is 1.66 bits per heavy atom. The van der Waals surface area contributed by atoms with E-state index in [4.69, 9.17) is 4.74 Å². The third-order valence-corrected chi connectivity index (χ3v) is 7.27. The van der Waals surface area contributed by atoms with E-state index in [-0.39, 0.29) is 16.9 Å². The Labute approximate surface area is 189 Å². The van der Waals surface area contributed by atoms with Gasteiger partial charge in [0.15, 0.2) is 0 Å². The van der Waals surface area contributed by atoms with Gasteiger partial charge in [-0.05, 0) is 58.7 Å². The molecule has 1 aliphatic heterocycles. The van der Waals surface area contributed by atoms with Crippen LogP contribution >= 0.6 is 0 Å². The zero-order valence-corrected chi connectivity index (χ0v) is 19.7. The molecule has 0 atom stereocenters. The van der Waals surface area contributed by atoms with Crippen LogP contribution in [0.5, 0.6) is 0 Å². The van der Waals surface area contributed by atoms with Gasteiger partial charge in [-0.3, -0.25) is 0 Å². The van der Waals surface area contributed by atoms with Crippen LogP contribution in [0.2, 0.25) is 0 Å². The molecule has 1 saturated heterocycles. The Kier molecular flexibility index (Phi) is 5.75. The van der Waals surface area contributed by atoms with Crippen LogP contribution in [0, 0.1) is 6.92 Å². The number of hydrogen-bond acceptors (Lipinski definition) is 5. The van der Waals surface area contributed by atoms with Gasteiger partial charge in [-0.15, -0.1) is 0 Å². The van der Waals surface area contributed by atoms with Gasteiger partial charge in [-0.25, -0.2) is 4.79 Å². The summed E-state index contributed by atoms with van der Waals surface area (Å²) in [4.78, 5) is 14.3. The number of piperidine rings is 1. The van der Waals surface area contributed by atoms with Gasteiger partial charge in [0, 0.05) is 24.4 Å². The Hall–Kier alpha value is -2.87. The minimum Gasteiger partial charge on any atom is -0.444 e. The number of hydrogen-bond donors (Lipinski definition) is 0. The average Bonchev–Trinajstić information content (AvgIpc) is 3.13. The van der Waals surface area contributed by atoms with Crippen molar-refractivity contribution < 1.29 is 17.9 Å². The molecule has 2 heterocycles. The van der Waals surface area contributed by atoms with Crippen LogP contribution in [0.15, 0.2) is 53.4 Å². The summed E-state index contributed by atoms with van der Waals surface area (Å²) in [5, 5.41) is 5.44. The number of benzene rings is 2. The summed E-state index contributed by atoms with van der Waals surface area (Å²) in [6.45, 7) is 8.57. The molecular weight excluding hydrogens is 426 g/mol. The molecule has 32 heavy (non-hydrogen) atoms. The molecule has 0 bridgehead atoms. The number of para-hydroxylation sites is 1. The van der Waals surface area contributed by atoms with Gasteiger partial charge >= 0.3 is 6.09 Å². The summed E-state index contributed by atoms with van der Waals surface area (Å²) < 4.78 is 33.4. The monoisotopic (exact) mass is 455 g/mol. The topological polar surface area (TPSA) is 81.5 Å². The molecule has 170 valence electrons. The van der Waals surface area contributed by atoms with Crippen molar-refractivity contribution in [3.63, 3.8) is 0 Å². The predicted molar refractivity (Wildman–Crippen MR) is 123 cm³/mol. The number of carbonyl (C=O) groups is 1. The van der Waals surface area contributed by atoms with E-state index in [0.717, 1.165) is 20.7 Å². The first kappa shape index (κ1) is 22.3.